The minimum Gasteiger partial charge on any atom is -0.434 e. The van der Waals surface area contributed by atoms with Gasteiger partial charge in [0.15, 0.2) is 0 Å². The van der Waals surface area contributed by atoms with Crippen LogP contribution in [-0.2, 0) is 0 Å². The number of hydrogen-bond donors (Lipinski definition) is 2. The van der Waals surface area contributed by atoms with Gasteiger partial charge in [0.05, 0.1) is 17.6 Å². The van der Waals surface area contributed by atoms with Crippen LogP contribution in [0.4, 0.5) is 10.3 Å². The number of hydrogen-bond acceptors (Lipinski definition) is 6. The lowest BCUT2D eigenvalue weighted by Gasteiger charge is -2.02. The van der Waals surface area contributed by atoms with Crippen molar-refractivity contribution in [1.82, 2.24) is 19.9 Å². The van der Waals surface area contributed by atoms with Crippen LogP contribution in [0.25, 0.3) is 22.6 Å². The third-order valence-electron chi connectivity index (χ3n) is 3.11. The van der Waals surface area contributed by atoms with Crippen LogP contribution in [-0.4, -0.2) is 19.9 Å². The van der Waals surface area contributed by atoms with Gasteiger partial charge in [-0.15, -0.1) is 5.11 Å². The van der Waals surface area contributed by atoms with Gasteiger partial charge in [0.2, 0.25) is 0 Å². The maximum Gasteiger partial charge on any atom is 0.299 e. The number of H-pyrrole nitrogens is 1. The maximum absolute atomic E-state index is 13.2. The summed E-state index contributed by atoms with van der Waals surface area (Å²) < 4.78 is 18.6. The van der Waals surface area contributed by atoms with Crippen molar-refractivity contribution in [3.63, 3.8) is 0 Å². The molecule has 0 amide bonds. The lowest BCUT2D eigenvalue weighted by molar-refractivity contribution is 0.445. The molecule has 0 bridgehead atoms. The standard InChI is InChI=1S/C16H13FN6O/c1-2-9-24-16-21-13(10-3-5-11(17)6-4-10)14(22-16)12-7-8-19-15(20-12)23-18/h2-9,18H,1H3,(H,21,22)/b9-2-,23-18?. The van der Waals surface area contributed by atoms with Gasteiger partial charge >= 0.3 is 0 Å². The van der Waals surface area contributed by atoms with Crippen molar-refractivity contribution < 1.29 is 9.13 Å². The van der Waals surface area contributed by atoms with E-state index in [0.29, 0.717) is 22.6 Å². The second-order valence-electron chi connectivity index (χ2n) is 4.71. The molecule has 120 valence electrons. The fraction of sp³-hybridized carbons (Fsp3) is 0.0625. The van der Waals surface area contributed by atoms with Crippen LogP contribution in [0.15, 0.2) is 54.0 Å². The lowest BCUT2D eigenvalue weighted by Crippen LogP contribution is -1.89. The predicted molar refractivity (Wildman–Crippen MR) is 85.3 cm³/mol. The summed E-state index contributed by atoms with van der Waals surface area (Å²) >= 11 is 0. The van der Waals surface area contributed by atoms with E-state index in [1.807, 2.05) is 6.92 Å². The van der Waals surface area contributed by atoms with Gasteiger partial charge < -0.3 is 9.72 Å². The van der Waals surface area contributed by atoms with Crippen molar-refractivity contribution >= 4 is 5.95 Å². The summed E-state index contributed by atoms with van der Waals surface area (Å²) in [5.41, 5.74) is 9.34. The van der Waals surface area contributed by atoms with Crippen molar-refractivity contribution in [2.75, 3.05) is 0 Å². The summed E-state index contributed by atoms with van der Waals surface area (Å²) in [5.74, 6) is -0.304. The molecule has 2 heterocycles. The SMILES string of the molecule is C/C=C\Oc1nc(-c2ccc(F)cc2)c(-c2ccnc(N=N)n2)[nH]1. The zero-order valence-electron chi connectivity index (χ0n) is 12.7. The van der Waals surface area contributed by atoms with Crippen LogP contribution in [0.5, 0.6) is 6.01 Å². The van der Waals surface area contributed by atoms with Gasteiger partial charge in [-0.25, -0.2) is 19.9 Å². The van der Waals surface area contributed by atoms with Crippen LogP contribution in [0.1, 0.15) is 6.92 Å². The second kappa shape index (κ2) is 6.78. The molecule has 0 atom stereocenters. The molecular formula is C16H13FN6O. The molecule has 0 aliphatic heterocycles. The van der Waals surface area contributed by atoms with E-state index in [4.69, 9.17) is 10.3 Å². The summed E-state index contributed by atoms with van der Waals surface area (Å²) in [7, 11) is 0. The molecule has 24 heavy (non-hydrogen) atoms. The molecule has 8 heteroatoms. The molecule has 0 aliphatic carbocycles. The van der Waals surface area contributed by atoms with Crippen LogP contribution in [0.2, 0.25) is 0 Å². The monoisotopic (exact) mass is 324 g/mol. The van der Waals surface area contributed by atoms with E-state index in [0.717, 1.165) is 0 Å². The smallest absolute Gasteiger partial charge is 0.299 e. The van der Waals surface area contributed by atoms with Gasteiger partial charge in [-0.1, -0.05) is 6.08 Å². The van der Waals surface area contributed by atoms with Crippen molar-refractivity contribution in [1.29, 1.82) is 5.53 Å². The summed E-state index contributed by atoms with van der Waals surface area (Å²) in [6, 6.07) is 7.87. The Morgan fingerprint density at radius 2 is 2.00 bits per heavy atom. The highest BCUT2D eigenvalue weighted by molar-refractivity contribution is 5.77. The topological polar surface area (TPSA) is 99.9 Å². The number of aromatic amines is 1. The van der Waals surface area contributed by atoms with Gasteiger partial charge in [0, 0.05) is 11.8 Å². The summed E-state index contributed by atoms with van der Waals surface area (Å²) in [6.45, 7) is 1.82. The minimum absolute atomic E-state index is 0.0306. The molecule has 0 fully saturated rings. The number of rotatable bonds is 5. The molecule has 1 aromatic carbocycles. The van der Waals surface area contributed by atoms with Crippen molar-refractivity contribution in [2.24, 2.45) is 5.11 Å². The molecule has 7 nitrogen and oxygen atoms in total. The molecule has 0 aliphatic rings. The quantitative estimate of drug-likeness (QED) is 0.541. The van der Waals surface area contributed by atoms with Crippen LogP contribution in [0.3, 0.4) is 0 Å². The number of nitrogens with zero attached hydrogens (tertiary/aromatic N) is 4. The number of halogens is 1. The fourth-order valence-corrected chi connectivity index (χ4v) is 2.08. The van der Waals surface area contributed by atoms with E-state index >= 15 is 0 Å². The first kappa shape index (κ1) is 15.5. The van der Waals surface area contributed by atoms with E-state index in [1.165, 1.54) is 24.6 Å². The highest BCUT2D eigenvalue weighted by Crippen LogP contribution is 2.31. The lowest BCUT2D eigenvalue weighted by atomic mass is 10.1. The Labute approximate surface area is 136 Å². The van der Waals surface area contributed by atoms with Crippen molar-refractivity contribution in [3.05, 3.63) is 54.7 Å². The van der Waals surface area contributed by atoms with Crippen LogP contribution >= 0.6 is 0 Å². The molecule has 0 radical (unpaired) electrons. The zero-order chi connectivity index (χ0) is 16.9. The third-order valence-corrected chi connectivity index (χ3v) is 3.11. The average molecular weight is 324 g/mol. The Morgan fingerprint density at radius 3 is 2.71 bits per heavy atom. The molecule has 0 unspecified atom stereocenters. The van der Waals surface area contributed by atoms with Gasteiger partial charge in [-0.2, -0.15) is 4.98 Å². The number of imidazole rings is 1. The number of aromatic nitrogens is 4. The molecular weight excluding hydrogens is 311 g/mol. The van der Waals surface area contributed by atoms with E-state index in [1.54, 1.807) is 24.3 Å². The number of benzene rings is 1. The summed E-state index contributed by atoms with van der Waals surface area (Å²) in [5, 5.41) is 3.23. The first-order chi connectivity index (χ1) is 11.7. The number of nitrogens with one attached hydrogen (secondary N) is 2. The minimum atomic E-state index is -0.335. The Balaban J connectivity index is 2.13. The van der Waals surface area contributed by atoms with Crippen LogP contribution < -0.4 is 4.74 Å². The van der Waals surface area contributed by atoms with E-state index in [-0.39, 0.29) is 17.8 Å². The Morgan fingerprint density at radius 1 is 1.21 bits per heavy atom. The van der Waals surface area contributed by atoms with Gasteiger partial charge in [0.1, 0.15) is 11.5 Å². The van der Waals surface area contributed by atoms with Gasteiger partial charge in [-0.05, 0) is 37.3 Å². The van der Waals surface area contributed by atoms with Gasteiger partial charge in [0.25, 0.3) is 12.0 Å². The Bertz CT molecular complexity index is 888. The molecule has 3 rings (SSSR count). The molecule has 0 saturated carbocycles. The Kier molecular flexibility index (Phi) is 4.37. The van der Waals surface area contributed by atoms with Gasteiger partial charge in [-0.3, -0.25) is 0 Å². The molecule has 0 spiro atoms. The van der Waals surface area contributed by atoms with Crippen molar-refractivity contribution in [3.8, 4) is 28.7 Å². The maximum atomic E-state index is 13.2. The number of ether oxygens (including phenoxy) is 1. The predicted octanol–water partition coefficient (Wildman–Crippen LogP) is 4.25. The Hall–Kier alpha value is -3.42. The van der Waals surface area contributed by atoms with Crippen LogP contribution in [0, 0.1) is 11.3 Å². The molecule has 2 N–H and O–H groups in total. The van der Waals surface area contributed by atoms with E-state index in [2.05, 4.69) is 25.1 Å². The fourth-order valence-electron chi connectivity index (χ4n) is 2.08. The highest BCUT2D eigenvalue weighted by atomic mass is 19.1. The average Bonchev–Trinajstić information content (AvgIpc) is 3.05. The number of allylic oxidation sites excluding steroid dienone is 1. The molecule has 0 saturated heterocycles. The first-order valence-electron chi connectivity index (χ1n) is 7.06. The summed E-state index contributed by atoms with van der Waals surface area (Å²) in [6.07, 6.45) is 4.71. The third kappa shape index (κ3) is 3.17. The highest BCUT2D eigenvalue weighted by Gasteiger charge is 2.16. The zero-order valence-corrected chi connectivity index (χ0v) is 12.7. The normalized spacial score (nSPS) is 10.9. The van der Waals surface area contributed by atoms with E-state index < -0.39 is 0 Å². The summed E-state index contributed by atoms with van der Waals surface area (Å²) in [4.78, 5) is 15.5. The van der Waals surface area contributed by atoms with Crippen molar-refractivity contribution in [2.45, 2.75) is 6.92 Å². The molecule has 2 aromatic heterocycles. The molecule has 3 aromatic rings. The largest absolute Gasteiger partial charge is 0.434 e. The second-order valence-corrected chi connectivity index (χ2v) is 4.71. The first-order valence-corrected chi connectivity index (χ1v) is 7.06. The van der Waals surface area contributed by atoms with E-state index in [9.17, 15) is 4.39 Å².